The summed E-state index contributed by atoms with van der Waals surface area (Å²) >= 11 is 0. The maximum absolute atomic E-state index is 11.9. The molecule has 0 radical (unpaired) electrons. The molecule has 1 aromatic carbocycles. The van der Waals surface area contributed by atoms with Crippen LogP contribution in [0.1, 0.15) is 11.1 Å². The number of rotatable bonds is 6. The van der Waals surface area contributed by atoms with Crippen molar-refractivity contribution in [2.45, 2.75) is 13.3 Å². The molecule has 25 heavy (non-hydrogen) atoms. The van der Waals surface area contributed by atoms with Gasteiger partial charge in [-0.1, -0.05) is 0 Å². The standard InChI is InChI=1S/C19H18N2O4/c1-13-10-19(23)25-17-11-15(2-3-16(13)17)24-12-18(22)21-9-6-14-4-7-20-8-5-14/h2-5,7-8,10-11H,6,9,12H2,1H3,(H,21,22). The number of pyridine rings is 1. The molecule has 0 spiro atoms. The molecule has 3 rings (SSSR count). The number of carbonyl (C=O) groups excluding carboxylic acids is 1. The van der Waals surface area contributed by atoms with Crippen LogP contribution in [-0.4, -0.2) is 24.0 Å². The Balaban J connectivity index is 1.53. The molecule has 0 aliphatic carbocycles. The summed E-state index contributed by atoms with van der Waals surface area (Å²) < 4.78 is 10.6. The molecule has 0 aliphatic heterocycles. The summed E-state index contributed by atoms with van der Waals surface area (Å²) in [5, 5.41) is 3.64. The van der Waals surface area contributed by atoms with E-state index < -0.39 is 5.63 Å². The lowest BCUT2D eigenvalue weighted by molar-refractivity contribution is -0.123. The highest BCUT2D eigenvalue weighted by Crippen LogP contribution is 2.22. The number of hydrogen-bond donors (Lipinski definition) is 1. The number of amides is 1. The predicted octanol–water partition coefficient (Wildman–Crippen LogP) is 2.23. The van der Waals surface area contributed by atoms with Gasteiger partial charge >= 0.3 is 5.63 Å². The summed E-state index contributed by atoms with van der Waals surface area (Å²) in [6.45, 7) is 2.27. The molecule has 3 aromatic rings. The van der Waals surface area contributed by atoms with Gasteiger partial charge in [0.1, 0.15) is 11.3 Å². The lowest BCUT2D eigenvalue weighted by atomic mass is 10.1. The number of benzene rings is 1. The van der Waals surface area contributed by atoms with E-state index in [9.17, 15) is 9.59 Å². The number of ether oxygens (including phenoxy) is 1. The van der Waals surface area contributed by atoms with Crippen molar-refractivity contribution in [2.24, 2.45) is 0 Å². The summed E-state index contributed by atoms with van der Waals surface area (Å²) in [5.41, 5.74) is 1.99. The zero-order valence-corrected chi connectivity index (χ0v) is 13.8. The summed E-state index contributed by atoms with van der Waals surface area (Å²) in [7, 11) is 0. The molecule has 2 heterocycles. The second-order valence-electron chi connectivity index (χ2n) is 5.65. The minimum atomic E-state index is -0.406. The van der Waals surface area contributed by atoms with Crippen LogP contribution < -0.4 is 15.7 Å². The van der Waals surface area contributed by atoms with Crippen molar-refractivity contribution in [1.29, 1.82) is 0 Å². The van der Waals surface area contributed by atoms with Gasteiger partial charge in [0.2, 0.25) is 0 Å². The first-order valence-corrected chi connectivity index (χ1v) is 7.95. The first-order chi connectivity index (χ1) is 12.1. The summed E-state index contributed by atoms with van der Waals surface area (Å²) in [6.07, 6.45) is 4.18. The summed E-state index contributed by atoms with van der Waals surface area (Å²) in [6, 6.07) is 10.4. The van der Waals surface area contributed by atoms with Gasteiger partial charge in [-0.05, 0) is 48.7 Å². The minimum Gasteiger partial charge on any atom is -0.484 e. The van der Waals surface area contributed by atoms with E-state index >= 15 is 0 Å². The lowest BCUT2D eigenvalue weighted by Gasteiger charge is -2.08. The molecule has 0 bridgehead atoms. The number of hydrogen-bond acceptors (Lipinski definition) is 5. The first kappa shape index (κ1) is 16.7. The van der Waals surface area contributed by atoms with Crippen molar-refractivity contribution in [3.63, 3.8) is 0 Å². The fourth-order valence-corrected chi connectivity index (χ4v) is 2.49. The van der Waals surface area contributed by atoms with Crippen LogP contribution in [0.3, 0.4) is 0 Å². The number of fused-ring (bicyclic) bond motifs is 1. The molecule has 6 heteroatoms. The number of aryl methyl sites for hydroxylation is 1. The molecule has 0 fully saturated rings. The highest BCUT2D eigenvalue weighted by molar-refractivity contribution is 5.81. The summed E-state index contributed by atoms with van der Waals surface area (Å²) in [5.74, 6) is 0.269. The Hall–Kier alpha value is -3.15. The van der Waals surface area contributed by atoms with Gasteiger partial charge in [-0.15, -0.1) is 0 Å². The van der Waals surface area contributed by atoms with Crippen LogP contribution in [0, 0.1) is 6.92 Å². The number of nitrogens with zero attached hydrogens (tertiary/aromatic N) is 1. The van der Waals surface area contributed by atoms with E-state index in [0.29, 0.717) is 17.9 Å². The quantitative estimate of drug-likeness (QED) is 0.697. The van der Waals surface area contributed by atoms with Crippen LogP contribution in [0.5, 0.6) is 5.75 Å². The Morgan fingerprint density at radius 1 is 1.20 bits per heavy atom. The zero-order valence-electron chi connectivity index (χ0n) is 13.8. The number of aromatic nitrogens is 1. The molecule has 1 N–H and O–H groups in total. The zero-order chi connectivity index (χ0) is 17.6. The summed E-state index contributed by atoms with van der Waals surface area (Å²) in [4.78, 5) is 27.2. The third-order valence-electron chi connectivity index (χ3n) is 3.78. The molecular weight excluding hydrogens is 320 g/mol. The second kappa shape index (κ2) is 7.61. The molecule has 1 amide bonds. The van der Waals surface area contributed by atoms with Crippen LogP contribution >= 0.6 is 0 Å². The molecule has 0 saturated heterocycles. The topological polar surface area (TPSA) is 81.4 Å². The Bertz CT molecular complexity index is 935. The van der Waals surface area contributed by atoms with Crippen molar-refractivity contribution in [3.05, 3.63) is 70.3 Å². The van der Waals surface area contributed by atoms with Crippen molar-refractivity contribution >= 4 is 16.9 Å². The predicted molar refractivity (Wildman–Crippen MR) is 93.7 cm³/mol. The highest BCUT2D eigenvalue weighted by Gasteiger charge is 2.06. The van der Waals surface area contributed by atoms with Gasteiger partial charge in [-0.25, -0.2) is 4.79 Å². The molecule has 0 aliphatic rings. The fraction of sp³-hybridized carbons (Fsp3) is 0.211. The largest absolute Gasteiger partial charge is 0.484 e. The molecular formula is C19H18N2O4. The maximum atomic E-state index is 11.9. The fourth-order valence-electron chi connectivity index (χ4n) is 2.49. The van der Waals surface area contributed by atoms with Crippen LogP contribution in [0.2, 0.25) is 0 Å². The average molecular weight is 338 g/mol. The van der Waals surface area contributed by atoms with Gasteiger partial charge in [0.05, 0.1) is 0 Å². The van der Waals surface area contributed by atoms with Crippen molar-refractivity contribution in [3.8, 4) is 5.75 Å². The van der Waals surface area contributed by atoms with E-state index in [1.54, 1.807) is 24.5 Å². The Morgan fingerprint density at radius 2 is 2.00 bits per heavy atom. The maximum Gasteiger partial charge on any atom is 0.336 e. The lowest BCUT2D eigenvalue weighted by Crippen LogP contribution is -2.30. The molecule has 0 atom stereocenters. The molecule has 6 nitrogen and oxygen atoms in total. The first-order valence-electron chi connectivity index (χ1n) is 7.95. The normalized spacial score (nSPS) is 10.6. The molecule has 2 aromatic heterocycles. The van der Waals surface area contributed by atoms with Crippen molar-refractivity contribution in [2.75, 3.05) is 13.2 Å². The third kappa shape index (κ3) is 4.44. The Kier molecular flexibility index (Phi) is 5.09. The van der Waals surface area contributed by atoms with Crippen molar-refractivity contribution in [1.82, 2.24) is 10.3 Å². The van der Waals surface area contributed by atoms with Gasteiger partial charge < -0.3 is 14.5 Å². The van der Waals surface area contributed by atoms with Crippen LogP contribution in [0.4, 0.5) is 0 Å². The van der Waals surface area contributed by atoms with Gasteiger partial charge in [-0.3, -0.25) is 9.78 Å². The van der Waals surface area contributed by atoms with E-state index in [1.807, 2.05) is 25.1 Å². The van der Waals surface area contributed by atoms with Gasteiger partial charge in [0.15, 0.2) is 6.61 Å². The van der Waals surface area contributed by atoms with Crippen LogP contribution in [0.25, 0.3) is 11.0 Å². The molecule has 0 saturated carbocycles. The highest BCUT2D eigenvalue weighted by atomic mass is 16.5. The monoisotopic (exact) mass is 338 g/mol. The van der Waals surface area contributed by atoms with Crippen LogP contribution in [-0.2, 0) is 11.2 Å². The smallest absolute Gasteiger partial charge is 0.336 e. The SMILES string of the molecule is Cc1cc(=O)oc2cc(OCC(=O)NCCc3ccncc3)ccc12. The third-order valence-corrected chi connectivity index (χ3v) is 3.78. The number of carbonyl (C=O) groups is 1. The van der Waals surface area contributed by atoms with Crippen LogP contribution in [0.15, 0.2) is 58.0 Å². The van der Waals surface area contributed by atoms with E-state index in [1.165, 1.54) is 6.07 Å². The molecule has 0 unspecified atom stereocenters. The van der Waals surface area contributed by atoms with Gasteiger partial charge in [-0.2, -0.15) is 0 Å². The minimum absolute atomic E-state index is 0.0993. The van der Waals surface area contributed by atoms with Crippen molar-refractivity contribution < 1.29 is 13.9 Å². The van der Waals surface area contributed by atoms with E-state index in [2.05, 4.69) is 10.3 Å². The second-order valence-corrected chi connectivity index (χ2v) is 5.65. The molecule has 128 valence electrons. The Labute approximate surface area is 144 Å². The Morgan fingerprint density at radius 3 is 2.80 bits per heavy atom. The number of nitrogens with one attached hydrogen (secondary N) is 1. The van der Waals surface area contributed by atoms with E-state index in [-0.39, 0.29) is 12.5 Å². The van der Waals surface area contributed by atoms with E-state index in [0.717, 1.165) is 22.9 Å². The van der Waals surface area contributed by atoms with Gasteiger partial charge in [0, 0.05) is 36.5 Å². The van der Waals surface area contributed by atoms with E-state index in [4.69, 9.17) is 9.15 Å². The average Bonchev–Trinajstić information content (AvgIpc) is 2.60. The van der Waals surface area contributed by atoms with Gasteiger partial charge in [0.25, 0.3) is 5.91 Å².